The summed E-state index contributed by atoms with van der Waals surface area (Å²) in [7, 11) is 0. The molecule has 0 fully saturated rings. The number of nitrogens with zero attached hydrogens (tertiary/aromatic N) is 2. The highest BCUT2D eigenvalue weighted by atomic mass is 16.2. The third-order valence-electron chi connectivity index (χ3n) is 3.86. The van der Waals surface area contributed by atoms with E-state index in [1.54, 1.807) is 36.7 Å². The van der Waals surface area contributed by atoms with Crippen LogP contribution >= 0.6 is 0 Å². The van der Waals surface area contributed by atoms with E-state index in [0.29, 0.717) is 23.2 Å². The Hall–Kier alpha value is -3.02. The first-order valence-electron chi connectivity index (χ1n) is 7.73. The Morgan fingerprint density at radius 1 is 1.17 bits per heavy atom. The molecule has 3 amide bonds. The number of aromatic nitrogens is 1. The summed E-state index contributed by atoms with van der Waals surface area (Å²) in [6, 6.07) is 8.70. The maximum Gasteiger partial charge on any atom is 0.261 e. The molecule has 0 saturated heterocycles. The number of pyridine rings is 1. The number of nitrogens with one attached hydrogen (secondary N) is 1. The topological polar surface area (TPSA) is 79.4 Å². The van der Waals surface area contributed by atoms with Gasteiger partial charge in [0.25, 0.3) is 11.8 Å². The van der Waals surface area contributed by atoms with Crippen molar-refractivity contribution in [2.45, 2.75) is 19.8 Å². The summed E-state index contributed by atoms with van der Waals surface area (Å²) in [6.07, 6.45) is 3.82. The predicted molar refractivity (Wildman–Crippen MR) is 88.6 cm³/mol. The lowest BCUT2D eigenvalue weighted by Crippen LogP contribution is -2.31. The highest BCUT2D eigenvalue weighted by Crippen LogP contribution is 2.24. The molecule has 0 saturated carbocycles. The number of aryl methyl sites for hydroxylation is 1. The van der Waals surface area contributed by atoms with E-state index >= 15 is 0 Å². The molecule has 2 aromatic rings. The molecular weight excluding hydrogens is 306 g/mol. The molecule has 1 aromatic heterocycles. The number of carbonyl (C=O) groups is 3. The SMILES string of the molecule is Cc1ccc2c(c1)C(=O)N(CCCC(=O)Nc1cccnc1)C2=O. The van der Waals surface area contributed by atoms with Crippen molar-refractivity contribution in [3.63, 3.8) is 0 Å². The Bertz CT molecular complexity index is 802. The number of hydrogen-bond acceptors (Lipinski definition) is 4. The van der Waals surface area contributed by atoms with Gasteiger partial charge >= 0.3 is 0 Å². The molecule has 1 N–H and O–H groups in total. The van der Waals surface area contributed by atoms with Crippen LogP contribution in [0.1, 0.15) is 39.1 Å². The molecule has 3 rings (SSSR count). The predicted octanol–water partition coefficient (Wildman–Crippen LogP) is 2.40. The van der Waals surface area contributed by atoms with Crippen LogP contribution in [0.5, 0.6) is 0 Å². The van der Waals surface area contributed by atoms with Crippen molar-refractivity contribution >= 4 is 23.4 Å². The average molecular weight is 323 g/mol. The highest BCUT2D eigenvalue weighted by molar-refractivity contribution is 6.21. The number of benzene rings is 1. The number of fused-ring (bicyclic) bond motifs is 1. The normalized spacial score (nSPS) is 13.1. The Morgan fingerprint density at radius 2 is 1.96 bits per heavy atom. The third kappa shape index (κ3) is 3.17. The van der Waals surface area contributed by atoms with Crippen molar-refractivity contribution in [2.24, 2.45) is 0 Å². The minimum atomic E-state index is -0.289. The largest absolute Gasteiger partial charge is 0.325 e. The molecule has 122 valence electrons. The van der Waals surface area contributed by atoms with Crippen LogP contribution in [0.2, 0.25) is 0 Å². The molecule has 0 bridgehead atoms. The monoisotopic (exact) mass is 323 g/mol. The Morgan fingerprint density at radius 3 is 2.71 bits per heavy atom. The first-order valence-corrected chi connectivity index (χ1v) is 7.73. The minimum absolute atomic E-state index is 0.171. The van der Waals surface area contributed by atoms with Gasteiger partial charge in [0.15, 0.2) is 0 Å². The number of amides is 3. The minimum Gasteiger partial charge on any atom is -0.325 e. The number of carbonyl (C=O) groups excluding carboxylic acids is 3. The second-order valence-corrected chi connectivity index (χ2v) is 5.70. The lowest BCUT2D eigenvalue weighted by molar-refractivity contribution is -0.116. The number of anilines is 1. The molecule has 1 aromatic carbocycles. The van der Waals surface area contributed by atoms with Crippen molar-refractivity contribution in [1.29, 1.82) is 0 Å². The fraction of sp³-hybridized carbons (Fsp3) is 0.222. The number of hydrogen-bond donors (Lipinski definition) is 1. The van der Waals surface area contributed by atoms with E-state index in [4.69, 9.17) is 0 Å². The van der Waals surface area contributed by atoms with Crippen LogP contribution in [0.4, 0.5) is 5.69 Å². The van der Waals surface area contributed by atoms with E-state index in [2.05, 4.69) is 10.3 Å². The number of rotatable bonds is 5. The van der Waals surface area contributed by atoms with Gasteiger partial charge in [0, 0.05) is 19.2 Å². The molecule has 1 aliphatic rings. The summed E-state index contributed by atoms with van der Waals surface area (Å²) in [5.41, 5.74) is 2.44. The lowest BCUT2D eigenvalue weighted by atomic mass is 10.1. The summed E-state index contributed by atoms with van der Waals surface area (Å²) in [6.45, 7) is 2.11. The summed E-state index contributed by atoms with van der Waals surface area (Å²) >= 11 is 0. The molecular formula is C18H17N3O3. The van der Waals surface area contributed by atoms with Gasteiger partial charge in [-0.2, -0.15) is 0 Å². The zero-order valence-electron chi connectivity index (χ0n) is 13.3. The van der Waals surface area contributed by atoms with Crippen LogP contribution in [-0.2, 0) is 4.79 Å². The third-order valence-corrected chi connectivity index (χ3v) is 3.86. The molecule has 0 aliphatic carbocycles. The van der Waals surface area contributed by atoms with Crippen LogP contribution in [-0.4, -0.2) is 34.2 Å². The van der Waals surface area contributed by atoms with Crippen LogP contribution < -0.4 is 5.32 Å². The quantitative estimate of drug-likeness (QED) is 0.857. The summed E-state index contributed by atoms with van der Waals surface area (Å²) in [5, 5.41) is 2.72. The molecule has 0 radical (unpaired) electrons. The van der Waals surface area contributed by atoms with Gasteiger partial charge in [-0.3, -0.25) is 24.3 Å². The first-order chi connectivity index (χ1) is 11.6. The molecule has 0 spiro atoms. The summed E-state index contributed by atoms with van der Waals surface area (Å²) in [4.78, 5) is 41.6. The Kier molecular flexibility index (Phi) is 4.37. The Labute approximate surface area is 139 Å². The van der Waals surface area contributed by atoms with Gasteiger partial charge in [0.05, 0.1) is 23.0 Å². The average Bonchev–Trinajstić information content (AvgIpc) is 2.80. The van der Waals surface area contributed by atoms with E-state index in [9.17, 15) is 14.4 Å². The van der Waals surface area contributed by atoms with Crippen molar-refractivity contribution in [3.05, 3.63) is 59.4 Å². The molecule has 0 atom stereocenters. The van der Waals surface area contributed by atoms with Gasteiger partial charge < -0.3 is 5.32 Å². The maximum atomic E-state index is 12.3. The molecule has 6 heteroatoms. The van der Waals surface area contributed by atoms with E-state index < -0.39 is 0 Å². The van der Waals surface area contributed by atoms with E-state index in [1.165, 1.54) is 4.90 Å². The standard InChI is InChI=1S/C18H17N3O3/c1-12-6-7-14-15(10-12)18(24)21(17(14)23)9-3-5-16(22)20-13-4-2-8-19-11-13/h2,4,6-8,10-11H,3,5,9H2,1H3,(H,20,22). The molecule has 24 heavy (non-hydrogen) atoms. The van der Waals surface area contributed by atoms with E-state index in [0.717, 1.165) is 5.56 Å². The molecule has 2 heterocycles. The lowest BCUT2D eigenvalue weighted by Gasteiger charge is -2.13. The van der Waals surface area contributed by atoms with Crippen LogP contribution in [0.3, 0.4) is 0 Å². The van der Waals surface area contributed by atoms with Crippen LogP contribution in [0, 0.1) is 6.92 Å². The fourth-order valence-corrected chi connectivity index (χ4v) is 2.67. The zero-order valence-corrected chi connectivity index (χ0v) is 13.3. The van der Waals surface area contributed by atoms with Gasteiger partial charge in [0.2, 0.25) is 5.91 Å². The highest BCUT2D eigenvalue weighted by Gasteiger charge is 2.34. The van der Waals surface area contributed by atoms with Gasteiger partial charge in [-0.25, -0.2) is 0 Å². The van der Waals surface area contributed by atoms with Crippen molar-refractivity contribution in [3.8, 4) is 0 Å². The van der Waals surface area contributed by atoms with E-state index in [-0.39, 0.29) is 30.7 Å². The maximum absolute atomic E-state index is 12.3. The second kappa shape index (κ2) is 6.62. The first kappa shape index (κ1) is 15.9. The molecule has 0 unspecified atom stereocenters. The summed E-state index contributed by atoms with van der Waals surface area (Å²) in [5.74, 6) is -0.746. The zero-order chi connectivity index (χ0) is 17.1. The van der Waals surface area contributed by atoms with Gasteiger partial charge in [-0.15, -0.1) is 0 Å². The smallest absolute Gasteiger partial charge is 0.261 e. The van der Waals surface area contributed by atoms with Crippen molar-refractivity contribution < 1.29 is 14.4 Å². The van der Waals surface area contributed by atoms with E-state index in [1.807, 2.05) is 13.0 Å². The summed E-state index contributed by atoms with van der Waals surface area (Å²) < 4.78 is 0. The van der Waals surface area contributed by atoms with Crippen molar-refractivity contribution in [1.82, 2.24) is 9.88 Å². The second-order valence-electron chi connectivity index (χ2n) is 5.70. The fourth-order valence-electron chi connectivity index (χ4n) is 2.67. The van der Waals surface area contributed by atoms with Crippen LogP contribution in [0.15, 0.2) is 42.7 Å². The van der Waals surface area contributed by atoms with Crippen LogP contribution in [0.25, 0.3) is 0 Å². The van der Waals surface area contributed by atoms with Gasteiger partial charge in [-0.1, -0.05) is 11.6 Å². The number of imide groups is 1. The molecule has 6 nitrogen and oxygen atoms in total. The van der Waals surface area contributed by atoms with Gasteiger partial charge in [0.1, 0.15) is 0 Å². The molecule has 1 aliphatic heterocycles. The Balaban J connectivity index is 1.55. The van der Waals surface area contributed by atoms with Gasteiger partial charge in [-0.05, 0) is 37.6 Å². The van der Waals surface area contributed by atoms with Crippen molar-refractivity contribution in [2.75, 3.05) is 11.9 Å².